The molecule has 0 saturated carbocycles. The monoisotopic (exact) mass is 320 g/mol. The van der Waals surface area contributed by atoms with Gasteiger partial charge in [0.2, 0.25) is 5.89 Å². The van der Waals surface area contributed by atoms with Crippen LogP contribution in [0.5, 0.6) is 0 Å². The second-order valence-electron chi connectivity index (χ2n) is 5.45. The zero-order chi connectivity index (χ0) is 16.5. The van der Waals surface area contributed by atoms with Gasteiger partial charge >= 0.3 is 0 Å². The molecule has 0 amide bonds. The minimum absolute atomic E-state index is 0.294. The van der Waals surface area contributed by atoms with Crippen molar-refractivity contribution in [2.24, 2.45) is 0 Å². The number of aryl methyl sites for hydroxylation is 1. The van der Waals surface area contributed by atoms with Gasteiger partial charge < -0.3 is 8.83 Å². The van der Waals surface area contributed by atoms with Crippen LogP contribution in [0.15, 0.2) is 69.9 Å². The second-order valence-corrected chi connectivity index (χ2v) is 5.45. The summed E-state index contributed by atoms with van der Waals surface area (Å²) < 4.78 is 25.0. The van der Waals surface area contributed by atoms with Gasteiger partial charge in [-0.15, -0.1) is 10.2 Å². The number of nitrogens with zero attached hydrogens (tertiary/aromatic N) is 2. The fourth-order valence-corrected chi connectivity index (χ4v) is 2.58. The Balaban J connectivity index is 1.87. The Morgan fingerprint density at radius 3 is 2.50 bits per heavy atom. The summed E-state index contributed by atoms with van der Waals surface area (Å²) in [5.41, 5.74) is 3.63. The van der Waals surface area contributed by atoms with Crippen molar-refractivity contribution in [3.05, 3.63) is 72.4 Å². The third-order valence-corrected chi connectivity index (χ3v) is 3.76. The highest BCUT2D eigenvalue weighted by molar-refractivity contribution is 5.81. The average Bonchev–Trinajstić information content (AvgIpc) is 3.27. The van der Waals surface area contributed by atoms with Crippen LogP contribution in [0.4, 0.5) is 4.39 Å². The first kappa shape index (κ1) is 14.4. The van der Waals surface area contributed by atoms with Gasteiger partial charge in [0, 0.05) is 11.1 Å². The topological polar surface area (TPSA) is 52.1 Å². The SMILES string of the molecule is Cc1ccc(-c2ccccc2F)c(-c2nnc(-c3ccoc3)o2)c1. The van der Waals surface area contributed by atoms with E-state index in [2.05, 4.69) is 10.2 Å². The lowest BCUT2D eigenvalue weighted by Gasteiger charge is -2.09. The van der Waals surface area contributed by atoms with E-state index in [0.717, 1.165) is 5.56 Å². The third-order valence-electron chi connectivity index (χ3n) is 3.76. The molecule has 0 radical (unpaired) electrons. The number of benzene rings is 2. The molecular weight excluding hydrogens is 307 g/mol. The van der Waals surface area contributed by atoms with Crippen LogP contribution in [-0.4, -0.2) is 10.2 Å². The molecule has 0 N–H and O–H groups in total. The molecule has 0 aliphatic rings. The summed E-state index contributed by atoms with van der Waals surface area (Å²) in [6.07, 6.45) is 3.07. The standard InChI is InChI=1S/C19H13FN2O2/c1-12-6-7-14(15-4-2-3-5-17(15)20)16(10-12)19-22-21-18(24-19)13-8-9-23-11-13/h2-11H,1H3. The van der Waals surface area contributed by atoms with Crippen LogP contribution in [-0.2, 0) is 0 Å². The number of rotatable bonds is 3. The van der Waals surface area contributed by atoms with Gasteiger partial charge in [-0.3, -0.25) is 0 Å². The van der Waals surface area contributed by atoms with E-state index in [1.165, 1.54) is 18.6 Å². The van der Waals surface area contributed by atoms with Gasteiger partial charge in [0.05, 0.1) is 11.8 Å². The van der Waals surface area contributed by atoms with E-state index in [9.17, 15) is 4.39 Å². The molecule has 4 rings (SSSR count). The van der Waals surface area contributed by atoms with Crippen LogP contribution in [0.1, 0.15) is 5.56 Å². The Morgan fingerprint density at radius 1 is 0.875 bits per heavy atom. The quantitative estimate of drug-likeness (QED) is 0.526. The minimum Gasteiger partial charge on any atom is -0.472 e. The number of furan rings is 1. The number of hydrogen-bond acceptors (Lipinski definition) is 4. The summed E-state index contributed by atoms with van der Waals surface area (Å²) in [6.45, 7) is 1.96. The molecule has 118 valence electrons. The predicted molar refractivity (Wildman–Crippen MR) is 87.6 cm³/mol. The van der Waals surface area contributed by atoms with Gasteiger partial charge in [0.15, 0.2) is 0 Å². The lowest BCUT2D eigenvalue weighted by molar-refractivity contribution is 0.560. The molecule has 0 bridgehead atoms. The maximum Gasteiger partial charge on any atom is 0.251 e. The summed E-state index contributed by atoms with van der Waals surface area (Å²) in [4.78, 5) is 0. The molecule has 24 heavy (non-hydrogen) atoms. The molecular formula is C19H13FN2O2. The summed E-state index contributed by atoms with van der Waals surface area (Å²) in [6, 6.07) is 14.1. The molecule has 0 aliphatic heterocycles. The number of aromatic nitrogens is 2. The van der Waals surface area contributed by atoms with Gasteiger partial charge in [0.25, 0.3) is 5.89 Å². The maximum absolute atomic E-state index is 14.2. The molecule has 4 aromatic rings. The summed E-state index contributed by atoms with van der Waals surface area (Å²) in [5.74, 6) is 0.407. The molecule has 2 aromatic heterocycles. The van der Waals surface area contributed by atoms with Crippen LogP contribution in [0.3, 0.4) is 0 Å². The molecule has 0 unspecified atom stereocenters. The van der Waals surface area contributed by atoms with Crippen LogP contribution < -0.4 is 0 Å². The van der Waals surface area contributed by atoms with Crippen molar-refractivity contribution in [3.8, 4) is 34.0 Å². The van der Waals surface area contributed by atoms with Crippen molar-refractivity contribution in [2.45, 2.75) is 6.92 Å². The normalized spacial score (nSPS) is 10.9. The van der Waals surface area contributed by atoms with Crippen molar-refractivity contribution >= 4 is 0 Å². The second kappa shape index (κ2) is 5.77. The van der Waals surface area contributed by atoms with Crippen LogP contribution in [0.25, 0.3) is 34.0 Å². The van der Waals surface area contributed by atoms with Crippen molar-refractivity contribution in [1.82, 2.24) is 10.2 Å². The Bertz CT molecular complexity index is 990. The van der Waals surface area contributed by atoms with E-state index in [1.807, 2.05) is 25.1 Å². The highest BCUT2D eigenvalue weighted by Crippen LogP contribution is 2.34. The zero-order valence-electron chi connectivity index (χ0n) is 12.9. The van der Waals surface area contributed by atoms with E-state index in [4.69, 9.17) is 8.83 Å². The first-order valence-electron chi connectivity index (χ1n) is 7.44. The van der Waals surface area contributed by atoms with Crippen molar-refractivity contribution in [3.63, 3.8) is 0 Å². The Labute approximate surface area is 137 Å². The van der Waals surface area contributed by atoms with E-state index < -0.39 is 0 Å². The Morgan fingerprint density at radius 2 is 1.71 bits per heavy atom. The fourth-order valence-electron chi connectivity index (χ4n) is 2.58. The summed E-state index contributed by atoms with van der Waals surface area (Å²) in [7, 11) is 0. The third kappa shape index (κ3) is 2.50. The number of hydrogen-bond donors (Lipinski definition) is 0. The van der Waals surface area contributed by atoms with Gasteiger partial charge in [-0.05, 0) is 30.7 Å². The Kier molecular flexibility index (Phi) is 3.46. The molecule has 5 heteroatoms. The van der Waals surface area contributed by atoms with E-state index >= 15 is 0 Å². The summed E-state index contributed by atoms with van der Waals surface area (Å²) >= 11 is 0. The molecule has 0 fully saturated rings. The smallest absolute Gasteiger partial charge is 0.251 e. The van der Waals surface area contributed by atoms with Crippen molar-refractivity contribution in [1.29, 1.82) is 0 Å². The summed E-state index contributed by atoms with van der Waals surface area (Å²) in [5, 5.41) is 8.17. The molecule has 4 nitrogen and oxygen atoms in total. The fraction of sp³-hybridized carbons (Fsp3) is 0.0526. The van der Waals surface area contributed by atoms with Crippen molar-refractivity contribution in [2.75, 3.05) is 0 Å². The van der Waals surface area contributed by atoms with Crippen molar-refractivity contribution < 1.29 is 13.2 Å². The molecule has 0 spiro atoms. The van der Waals surface area contributed by atoms with Crippen LogP contribution in [0.2, 0.25) is 0 Å². The first-order chi connectivity index (χ1) is 11.7. The van der Waals surface area contributed by atoms with E-state index in [0.29, 0.717) is 34.0 Å². The van der Waals surface area contributed by atoms with Gasteiger partial charge in [-0.2, -0.15) is 0 Å². The van der Waals surface area contributed by atoms with Gasteiger partial charge in [-0.25, -0.2) is 4.39 Å². The predicted octanol–water partition coefficient (Wildman–Crippen LogP) is 5.11. The molecule has 0 atom stereocenters. The molecule has 2 heterocycles. The van der Waals surface area contributed by atoms with E-state index in [-0.39, 0.29) is 5.82 Å². The lowest BCUT2D eigenvalue weighted by atomic mass is 9.97. The maximum atomic E-state index is 14.2. The van der Waals surface area contributed by atoms with Gasteiger partial charge in [-0.1, -0.05) is 35.9 Å². The Hall–Kier alpha value is -3.21. The highest BCUT2D eigenvalue weighted by atomic mass is 19.1. The lowest BCUT2D eigenvalue weighted by Crippen LogP contribution is -1.90. The van der Waals surface area contributed by atoms with Crippen LogP contribution >= 0.6 is 0 Å². The molecule has 2 aromatic carbocycles. The molecule has 0 saturated heterocycles. The average molecular weight is 320 g/mol. The van der Waals surface area contributed by atoms with E-state index in [1.54, 1.807) is 24.3 Å². The highest BCUT2D eigenvalue weighted by Gasteiger charge is 2.17. The largest absolute Gasteiger partial charge is 0.472 e. The molecule has 0 aliphatic carbocycles. The first-order valence-corrected chi connectivity index (χ1v) is 7.44. The minimum atomic E-state index is -0.294. The zero-order valence-corrected chi connectivity index (χ0v) is 12.9. The van der Waals surface area contributed by atoms with Gasteiger partial charge in [0.1, 0.15) is 12.1 Å². The van der Waals surface area contributed by atoms with Crippen LogP contribution in [0, 0.1) is 12.7 Å². The number of halogens is 1.